The maximum absolute atomic E-state index is 11.1. The van der Waals surface area contributed by atoms with E-state index in [1.165, 1.54) is 0 Å². The molecule has 6 heteroatoms. The van der Waals surface area contributed by atoms with E-state index < -0.39 is 0 Å². The lowest BCUT2D eigenvalue weighted by Gasteiger charge is -2.04. The molecule has 0 unspecified atom stereocenters. The van der Waals surface area contributed by atoms with Crippen molar-refractivity contribution in [1.29, 1.82) is 0 Å². The smallest absolute Gasteiger partial charge is 0.246 e. The van der Waals surface area contributed by atoms with Gasteiger partial charge in [-0.05, 0) is 28.1 Å². The second-order valence-corrected chi connectivity index (χ2v) is 6.33. The minimum Gasteiger partial charge on any atom is -0.280 e. The zero-order valence-electron chi connectivity index (χ0n) is 7.45. The highest BCUT2D eigenvalue weighted by atomic mass is 79.9. The molecule has 0 aliphatic heterocycles. The predicted molar refractivity (Wildman–Crippen MR) is 73.1 cm³/mol. The lowest BCUT2D eigenvalue weighted by atomic mass is 10.3. The number of alkyl halides is 2. The second kappa shape index (κ2) is 6.40. The highest BCUT2D eigenvalue weighted by molar-refractivity contribution is 9.25. The van der Waals surface area contributed by atoms with Crippen molar-refractivity contribution in [1.82, 2.24) is 0 Å². The maximum Gasteiger partial charge on any atom is 0.246 e. The van der Waals surface area contributed by atoms with Crippen LogP contribution in [0.1, 0.15) is 0 Å². The van der Waals surface area contributed by atoms with E-state index in [-0.39, 0.29) is 8.43 Å². The van der Waals surface area contributed by atoms with Crippen LogP contribution in [0.15, 0.2) is 35.4 Å². The van der Waals surface area contributed by atoms with Crippen molar-refractivity contribution in [2.75, 3.05) is 5.43 Å². The van der Waals surface area contributed by atoms with Crippen LogP contribution in [0.3, 0.4) is 0 Å². The molecule has 3 nitrogen and oxygen atoms in total. The van der Waals surface area contributed by atoms with Crippen LogP contribution in [0.4, 0.5) is 5.69 Å². The molecule has 0 bridgehead atoms. The number of hydrogen-bond acceptors (Lipinski definition) is 3. The van der Waals surface area contributed by atoms with Crippen molar-refractivity contribution in [3.8, 4) is 0 Å². The van der Waals surface area contributed by atoms with Gasteiger partial charge in [0.2, 0.25) is 4.69 Å². The molecule has 0 heterocycles. The Morgan fingerprint density at radius 1 is 1.27 bits per heavy atom. The molecule has 1 aromatic rings. The number of para-hydroxylation sites is 1. The van der Waals surface area contributed by atoms with Crippen LogP contribution in [-0.4, -0.2) is 14.1 Å². The van der Waals surface area contributed by atoms with E-state index in [1.54, 1.807) is 0 Å². The molecule has 0 radical (unpaired) electrons. The number of rotatable bonds is 4. The van der Waals surface area contributed by atoms with Crippen molar-refractivity contribution in [2.24, 2.45) is 5.10 Å². The molecule has 80 valence electrons. The minimum atomic E-state index is -0.284. The quantitative estimate of drug-likeness (QED) is 0.365. The fraction of sp³-hybridized carbons (Fsp3) is 0.111. The molecular formula is C9H7Br3N2O. The summed E-state index contributed by atoms with van der Waals surface area (Å²) in [4.78, 5) is 11.1. The van der Waals surface area contributed by atoms with Crippen molar-refractivity contribution >= 4 is 63.9 Å². The standard InChI is InChI=1S/C9H7Br3N2O/c10-8(11)7(9(12)15)14-13-6-4-2-1-3-5-6/h1-5,8,13H. The molecule has 0 fully saturated rings. The molecule has 1 aromatic carbocycles. The number of hydrazone groups is 1. The highest BCUT2D eigenvalue weighted by Gasteiger charge is 2.15. The maximum atomic E-state index is 11.1. The number of anilines is 1. The van der Waals surface area contributed by atoms with Gasteiger partial charge in [-0.2, -0.15) is 5.10 Å². The Bertz CT molecular complexity index is 365. The lowest BCUT2D eigenvalue weighted by molar-refractivity contribution is -0.105. The largest absolute Gasteiger partial charge is 0.280 e. The number of nitrogens with one attached hydrogen (secondary N) is 1. The number of hydrogen-bond donors (Lipinski definition) is 1. The van der Waals surface area contributed by atoms with Gasteiger partial charge in [-0.3, -0.25) is 10.2 Å². The van der Waals surface area contributed by atoms with Gasteiger partial charge in [-0.1, -0.05) is 50.1 Å². The third-order valence-corrected chi connectivity index (χ3v) is 2.76. The SMILES string of the molecule is O=C(Br)C(=NNc1ccccc1)C(Br)Br. The summed E-state index contributed by atoms with van der Waals surface area (Å²) in [5.74, 6) is 0. The van der Waals surface area contributed by atoms with Gasteiger partial charge in [-0.15, -0.1) is 0 Å². The zero-order valence-corrected chi connectivity index (χ0v) is 12.2. The molecule has 0 aromatic heterocycles. The molecule has 0 aliphatic carbocycles. The van der Waals surface area contributed by atoms with Gasteiger partial charge in [0.25, 0.3) is 0 Å². The van der Waals surface area contributed by atoms with E-state index in [2.05, 4.69) is 58.3 Å². The number of halogens is 3. The van der Waals surface area contributed by atoms with Gasteiger partial charge in [0.1, 0.15) is 9.45 Å². The Morgan fingerprint density at radius 2 is 1.87 bits per heavy atom. The number of benzene rings is 1. The Hall–Kier alpha value is -0.200. The van der Waals surface area contributed by atoms with E-state index in [9.17, 15) is 4.79 Å². The summed E-state index contributed by atoms with van der Waals surface area (Å²) in [5, 5.41) is 3.97. The van der Waals surface area contributed by atoms with Gasteiger partial charge in [0, 0.05) is 0 Å². The summed E-state index contributed by atoms with van der Waals surface area (Å²) < 4.78 is -0.558. The van der Waals surface area contributed by atoms with Crippen LogP contribution >= 0.6 is 47.8 Å². The van der Waals surface area contributed by atoms with E-state index in [4.69, 9.17) is 0 Å². The molecule has 1 rings (SSSR count). The normalized spacial score (nSPS) is 11.6. The van der Waals surface area contributed by atoms with Crippen molar-refractivity contribution in [3.63, 3.8) is 0 Å². The van der Waals surface area contributed by atoms with Gasteiger partial charge >= 0.3 is 0 Å². The topological polar surface area (TPSA) is 41.5 Å². The van der Waals surface area contributed by atoms with Gasteiger partial charge in [-0.25, -0.2) is 0 Å². The zero-order chi connectivity index (χ0) is 11.3. The van der Waals surface area contributed by atoms with E-state index in [0.717, 1.165) is 5.69 Å². The van der Waals surface area contributed by atoms with Crippen LogP contribution in [0.2, 0.25) is 0 Å². The summed E-state index contributed by atoms with van der Waals surface area (Å²) >= 11 is 9.27. The molecule has 0 atom stereocenters. The highest BCUT2D eigenvalue weighted by Crippen LogP contribution is 2.14. The van der Waals surface area contributed by atoms with Crippen LogP contribution in [0.5, 0.6) is 0 Å². The minimum absolute atomic E-state index is 0.273. The Labute approximate surface area is 113 Å². The van der Waals surface area contributed by atoms with E-state index in [1.807, 2.05) is 30.3 Å². The first kappa shape index (κ1) is 12.9. The van der Waals surface area contributed by atoms with Gasteiger partial charge in [0.15, 0.2) is 0 Å². The number of carbonyl (C=O) groups excluding carboxylic acids is 1. The lowest BCUT2D eigenvalue weighted by Crippen LogP contribution is -2.16. The number of nitrogens with zero attached hydrogens (tertiary/aromatic N) is 1. The average molecular weight is 399 g/mol. The van der Waals surface area contributed by atoms with Crippen LogP contribution in [-0.2, 0) is 4.79 Å². The molecular weight excluding hydrogens is 392 g/mol. The fourth-order valence-electron chi connectivity index (χ4n) is 0.816. The molecule has 15 heavy (non-hydrogen) atoms. The number of carbonyl (C=O) groups is 1. The molecule has 1 N–H and O–H groups in total. The van der Waals surface area contributed by atoms with Crippen molar-refractivity contribution in [2.45, 2.75) is 3.74 Å². The monoisotopic (exact) mass is 396 g/mol. The van der Waals surface area contributed by atoms with E-state index >= 15 is 0 Å². The van der Waals surface area contributed by atoms with Crippen molar-refractivity contribution in [3.05, 3.63) is 30.3 Å². The van der Waals surface area contributed by atoms with Crippen LogP contribution in [0, 0.1) is 0 Å². The summed E-state index contributed by atoms with van der Waals surface area (Å²) in [5.41, 5.74) is 3.93. The van der Waals surface area contributed by atoms with Crippen LogP contribution < -0.4 is 5.43 Å². The summed E-state index contributed by atoms with van der Waals surface area (Å²) in [6.45, 7) is 0. The van der Waals surface area contributed by atoms with Crippen LogP contribution in [0.25, 0.3) is 0 Å². The first-order chi connectivity index (χ1) is 7.11. The average Bonchev–Trinajstić information content (AvgIpc) is 2.18. The Morgan fingerprint density at radius 3 is 2.33 bits per heavy atom. The first-order valence-corrected chi connectivity index (χ1v) is 6.60. The predicted octanol–water partition coefficient (Wildman–Crippen LogP) is 3.49. The van der Waals surface area contributed by atoms with Crippen molar-refractivity contribution < 1.29 is 4.79 Å². The van der Waals surface area contributed by atoms with Gasteiger partial charge < -0.3 is 0 Å². The third-order valence-electron chi connectivity index (χ3n) is 1.49. The molecule has 0 amide bonds. The second-order valence-electron chi connectivity index (χ2n) is 2.55. The Balaban J connectivity index is 2.75. The first-order valence-electron chi connectivity index (χ1n) is 3.98. The molecule has 0 aliphatic rings. The van der Waals surface area contributed by atoms with E-state index in [0.29, 0.717) is 5.71 Å². The molecule has 0 saturated heterocycles. The summed E-state index contributed by atoms with van der Waals surface area (Å²) in [6, 6.07) is 9.39. The molecule has 0 saturated carbocycles. The summed E-state index contributed by atoms with van der Waals surface area (Å²) in [7, 11) is 0. The Kier molecular flexibility index (Phi) is 5.49. The fourth-order valence-corrected chi connectivity index (χ4v) is 2.37. The van der Waals surface area contributed by atoms with Gasteiger partial charge in [0.05, 0.1) is 5.69 Å². The summed E-state index contributed by atoms with van der Waals surface area (Å²) in [6.07, 6.45) is 0. The third kappa shape index (κ3) is 4.44. The molecule has 0 spiro atoms.